The van der Waals surface area contributed by atoms with E-state index in [-0.39, 0.29) is 6.04 Å². The Morgan fingerprint density at radius 2 is 1.75 bits per heavy atom. The van der Waals surface area contributed by atoms with Gasteiger partial charge in [0.1, 0.15) is 0 Å². The lowest BCUT2D eigenvalue weighted by atomic mass is 9.83. The van der Waals surface area contributed by atoms with E-state index >= 15 is 0 Å². The Hall–Kier alpha value is -0.860. The Morgan fingerprint density at radius 1 is 1.10 bits per heavy atom. The Balaban J connectivity index is 2.02. The van der Waals surface area contributed by atoms with E-state index in [0.29, 0.717) is 0 Å². The summed E-state index contributed by atoms with van der Waals surface area (Å²) in [5.41, 5.74) is 2.49. The van der Waals surface area contributed by atoms with Crippen LogP contribution in [0.4, 0.5) is 0 Å². The van der Waals surface area contributed by atoms with Gasteiger partial charge in [-0.05, 0) is 42.9 Å². The summed E-state index contributed by atoms with van der Waals surface area (Å²) in [6, 6.07) is 8.85. The van der Waals surface area contributed by atoms with Crippen LogP contribution in [0.15, 0.2) is 24.3 Å². The second-order valence-electron chi connectivity index (χ2n) is 6.02. The second kappa shape index (κ2) is 7.80. The lowest BCUT2D eigenvalue weighted by molar-refractivity contribution is 0.127. The number of likely N-dealkylation sites (N-methyl/N-ethyl adjacent to an activating group) is 1. The van der Waals surface area contributed by atoms with Crippen LogP contribution in [0, 0.1) is 0 Å². The van der Waals surface area contributed by atoms with E-state index in [0.717, 1.165) is 24.4 Å². The molecular weight excluding hydrogens is 246 g/mol. The summed E-state index contributed by atoms with van der Waals surface area (Å²) in [6.45, 7) is 5.10. The molecule has 0 radical (unpaired) electrons. The lowest BCUT2D eigenvalue weighted by Crippen LogP contribution is -2.34. The smallest absolute Gasteiger partial charge is 0.0942 e. The first-order valence-corrected chi connectivity index (χ1v) is 8.27. The maximum atomic E-state index is 10.5. The van der Waals surface area contributed by atoms with Gasteiger partial charge in [0, 0.05) is 6.04 Å². The van der Waals surface area contributed by atoms with Gasteiger partial charge in [0.05, 0.1) is 6.10 Å². The highest BCUT2D eigenvalue weighted by Gasteiger charge is 2.19. The predicted octanol–water partition coefficient (Wildman–Crippen LogP) is 4.16. The van der Waals surface area contributed by atoms with Crippen LogP contribution in [0.1, 0.15) is 75.5 Å². The molecule has 0 heterocycles. The second-order valence-corrected chi connectivity index (χ2v) is 6.02. The van der Waals surface area contributed by atoms with E-state index in [4.69, 9.17) is 0 Å². The highest BCUT2D eigenvalue weighted by molar-refractivity contribution is 5.27. The molecule has 2 heteroatoms. The molecule has 0 amide bonds. The summed E-state index contributed by atoms with van der Waals surface area (Å²) in [6.07, 6.45) is 7.34. The van der Waals surface area contributed by atoms with E-state index in [2.05, 4.69) is 43.4 Å². The third-order valence-electron chi connectivity index (χ3n) is 4.64. The number of benzene rings is 1. The summed E-state index contributed by atoms with van der Waals surface area (Å²) < 4.78 is 0. The minimum Gasteiger partial charge on any atom is -0.387 e. The number of aliphatic hydroxyl groups is 1. The van der Waals surface area contributed by atoms with Crippen LogP contribution < -0.4 is 5.32 Å². The van der Waals surface area contributed by atoms with Crippen molar-refractivity contribution in [3.8, 4) is 0 Å². The van der Waals surface area contributed by atoms with Crippen LogP contribution in [0.25, 0.3) is 0 Å². The van der Waals surface area contributed by atoms with E-state index in [1.165, 1.54) is 37.7 Å². The average Bonchev–Trinajstić information content (AvgIpc) is 2.53. The van der Waals surface area contributed by atoms with Gasteiger partial charge in [0.25, 0.3) is 0 Å². The largest absolute Gasteiger partial charge is 0.387 e. The number of rotatable bonds is 6. The SMILES string of the molecule is CCNC(CC)C(O)c1ccc(C2CCCCC2)cc1. The van der Waals surface area contributed by atoms with Crippen molar-refractivity contribution in [3.63, 3.8) is 0 Å². The molecule has 2 unspecified atom stereocenters. The standard InChI is InChI=1S/C18H29NO/c1-3-17(19-4-2)18(20)16-12-10-15(11-13-16)14-8-6-5-7-9-14/h10-14,17-20H,3-9H2,1-2H3. The zero-order chi connectivity index (χ0) is 14.4. The van der Waals surface area contributed by atoms with Crippen LogP contribution in [0.5, 0.6) is 0 Å². The van der Waals surface area contributed by atoms with Crippen LogP contribution in [0.2, 0.25) is 0 Å². The lowest BCUT2D eigenvalue weighted by Gasteiger charge is -2.25. The highest BCUT2D eigenvalue weighted by Crippen LogP contribution is 2.33. The molecule has 2 N–H and O–H groups in total. The minimum absolute atomic E-state index is 0.153. The maximum absolute atomic E-state index is 10.5. The summed E-state index contributed by atoms with van der Waals surface area (Å²) in [4.78, 5) is 0. The van der Waals surface area contributed by atoms with Gasteiger partial charge in [-0.3, -0.25) is 0 Å². The number of aliphatic hydroxyl groups excluding tert-OH is 1. The first-order chi connectivity index (χ1) is 9.76. The molecule has 0 spiro atoms. The van der Waals surface area contributed by atoms with Gasteiger partial charge >= 0.3 is 0 Å². The van der Waals surface area contributed by atoms with Gasteiger partial charge in [0.15, 0.2) is 0 Å². The topological polar surface area (TPSA) is 32.3 Å². The van der Waals surface area contributed by atoms with Crippen molar-refractivity contribution in [1.29, 1.82) is 0 Å². The molecule has 20 heavy (non-hydrogen) atoms. The molecule has 0 bridgehead atoms. The fraction of sp³-hybridized carbons (Fsp3) is 0.667. The molecule has 1 saturated carbocycles. The first-order valence-electron chi connectivity index (χ1n) is 8.27. The third kappa shape index (κ3) is 3.83. The molecule has 0 aliphatic heterocycles. The monoisotopic (exact) mass is 275 g/mol. The van der Waals surface area contributed by atoms with Crippen LogP contribution >= 0.6 is 0 Å². The third-order valence-corrected chi connectivity index (χ3v) is 4.64. The molecule has 1 aromatic rings. The van der Waals surface area contributed by atoms with E-state index in [1.807, 2.05) is 0 Å². The van der Waals surface area contributed by atoms with E-state index in [1.54, 1.807) is 0 Å². The van der Waals surface area contributed by atoms with E-state index in [9.17, 15) is 5.11 Å². The van der Waals surface area contributed by atoms with Crippen molar-refractivity contribution in [3.05, 3.63) is 35.4 Å². The average molecular weight is 275 g/mol. The fourth-order valence-electron chi connectivity index (χ4n) is 3.38. The van der Waals surface area contributed by atoms with Crippen LogP contribution in [0.3, 0.4) is 0 Å². The molecule has 1 aliphatic carbocycles. The Kier molecular flexibility index (Phi) is 6.06. The molecule has 112 valence electrons. The number of hydrogen-bond donors (Lipinski definition) is 2. The Labute approximate surface area is 123 Å². The summed E-state index contributed by atoms with van der Waals surface area (Å²) >= 11 is 0. The van der Waals surface area contributed by atoms with Gasteiger partial charge in [-0.1, -0.05) is 57.4 Å². The minimum atomic E-state index is -0.402. The van der Waals surface area contributed by atoms with Gasteiger partial charge in [-0.2, -0.15) is 0 Å². The molecule has 2 atom stereocenters. The highest BCUT2D eigenvalue weighted by atomic mass is 16.3. The molecule has 1 aliphatic rings. The molecule has 2 rings (SSSR count). The quantitative estimate of drug-likeness (QED) is 0.817. The van der Waals surface area contributed by atoms with Crippen molar-refractivity contribution >= 4 is 0 Å². The van der Waals surface area contributed by atoms with Crippen molar-refractivity contribution in [2.45, 2.75) is 70.4 Å². The zero-order valence-corrected chi connectivity index (χ0v) is 12.9. The van der Waals surface area contributed by atoms with Gasteiger partial charge in [0.2, 0.25) is 0 Å². The normalized spacial score (nSPS) is 19.8. The molecule has 1 fully saturated rings. The van der Waals surface area contributed by atoms with Gasteiger partial charge in [-0.15, -0.1) is 0 Å². The summed E-state index contributed by atoms with van der Waals surface area (Å²) in [5.74, 6) is 0.741. The van der Waals surface area contributed by atoms with Crippen molar-refractivity contribution in [1.82, 2.24) is 5.32 Å². The molecule has 2 nitrogen and oxygen atoms in total. The van der Waals surface area contributed by atoms with E-state index < -0.39 is 6.10 Å². The van der Waals surface area contributed by atoms with Crippen molar-refractivity contribution in [2.75, 3.05) is 6.54 Å². The number of nitrogens with one attached hydrogen (secondary N) is 1. The molecule has 0 saturated heterocycles. The summed E-state index contributed by atoms with van der Waals surface area (Å²) in [7, 11) is 0. The maximum Gasteiger partial charge on any atom is 0.0942 e. The Morgan fingerprint density at radius 3 is 2.30 bits per heavy atom. The van der Waals surface area contributed by atoms with Crippen molar-refractivity contribution < 1.29 is 5.11 Å². The predicted molar refractivity (Wildman–Crippen MR) is 85.0 cm³/mol. The fourth-order valence-corrected chi connectivity index (χ4v) is 3.38. The van der Waals surface area contributed by atoms with Gasteiger partial charge < -0.3 is 10.4 Å². The van der Waals surface area contributed by atoms with Crippen LogP contribution in [-0.4, -0.2) is 17.7 Å². The molecular formula is C18H29NO. The Bertz CT molecular complexity index is 381. The molecule has 1 aromatic carbocycles. The molecule has 0 aromatic heterocycles. The first kappa shape index (κ1) is 15.5. The summed E-state index contributed by atoms with van der Waals surface area (Å²) in [5, 5.41) is 13.8. The van der Waals surface area contributed by atoms with Gasteiger partial charge in [-0.25, -0.2) is 0 Å². The van der Waals surface area contributed by atoms with Crippen molar-refractivity contribution in [2.24, 2.45) is 0 Å². The number of hydrogen-bond acceptors (Lipinski definition) is 2. The van der Waals surface area contributed by atoms with Crippen LogP contribution in [-0.2, 0) is 0 Å². The zero-order valence-electron chi connectivity index (χ0n) is 12.9.